The fourth-order valence-corrected chi connectivity index (χ4v) is 2.17. The van der Waals surface area contributed by atoms with Crippen molar-refractivity contribution in [3.05, 3.63) is 27.8 Å². The fraction of sp³-hybridized carbons (Fsp3) is 0.400. The Hall–Kier alpha value is -1.75. The SMILES string of the molecule is CO[PH](=O)ONCc1cc([N+](=O)[O-])cc2c1NC(O)C(O)N2. The van der Waals surface area contributed by atoms with Crippen LogP contribution in [0.15, 0.2) is 12.1 Å². The number of aliphatic hydroxyl groups is 2. The Kier molecular flexibility index (Phi) is 5.29. The Bertz CT molecular complexity index is 599. The van der Waals surface area contributed by atoms with E-state index >= 15 is 0 Å². The third-order valence-electron chi connectivity index (χ3n) is 2.90. The van der Waals surface area contributed by atoms with E-state index in [1.807, 2.05) is 0 Å². The number of nitrogens with zero attached hydrogens (tertiary/aromatic N) is 1. The number of hydrogen-bond acceptors (Lipinski definition) is 10. The summed E-state index contributed by atoms with van der Waals surface area (Å²) in [6, 6.07) is 2.48. The van der Waals surface area contributed by atoms with Crippen molar-refractivity contribution in [2.45, 2.75) is 19.0 Å². The summed E-state index contributed by atoms with van der Waals surface area (Å²) in [4.78, 5) is 10.3. The van der Waals surface area contributed by atoms with Crippen LogP contribution in [0.4, 0.5) is 17.1 Å². The maximum atomic E-state index is 11.0. The third kappa shape index (κ3) is 3.71. The number of hydrogen-bond donors (Lipinski definition) is 5. The standard InChI is InChI=1S/C10H15N4O7P/c1-20-22(19)21-11-4-5-2-6(14(17)18)3-7-8(5)13-10(16)9(15)12-7/h2-3,9-13,15-16,22H,4H2,1H3. The van der Waals surface area contributed by atoms with Crippen LogP contribution in [0.2, 0.25) is 0 Å². The maximum Gasteiger partial charge on any atom is 0.335 e. The zero-order chi connectivity index (χ0) is 16.3. The van der Waals surface area contributed by atoms with Crippen LogP contribution >= 0.6 is 8.25 Å². The van der Waals surface area contributed by atoms with E-state index in [-0.39, 0.29) is 17.9 Å². The highest BCUT2D eigenvalue weighted by Crippen LogP contribution is 2.35. The summed E-state index contributed by atoms with van der Waals surface area (Å²) in [6.07, 6.45) is -2.59. The van der Waals surface area contributed by atoms with Gasteiger partial charge in [-0.1, -0.05) is 0 Å². The molecule has 3 unspecified atom stereocenters. The number of fused-ring (bicyclic) bond motifs is 1. The lowest BCUT2D eigenvalue weighted by atomic mass is 10.1. The quantitative estimate of drug-likeness (QED) is 0.275. The molecule has 3 atom stereocenters. The van der Waals surface area contributed by atoms with Crippen LogP contribution in [0, 0.1) is 10.1 Å². The van der Waals surface area contributed by atoms with Crippen molar-refractivity contribution in [3.8, 4) is 0 Å². The van der Waals surface area contributed by atoms with E-state index in [1.54, 1.807) is 0 Å². The van der Waals surface area contributed by atoms with Gasteiger partial charge in [-0.05, 0) is 0 Å². The Morgan fingerprint density at radius 1 is 1.41 bits per heavy atom. The molecule has 0 saturated heterocycles. The third-order valence-corrected chi connectivity index (χ3v) is 3.54. The van der Waals surface area contributed by atoms with E-state index in [9.17, 15) is 24.9 Å². The smallest absolute Gasteiger partial charge is 0.335 e. The average Bonchev–Trinajstić information content (AvgIpc) is 2.48. The molecule has 12 heteroatoms. The summed E-state index contributed by atoms with van der Waals surface area (Å²) in [5.41, 5.74) is 3.13. The Balaban J connectivity index is 2.26. The first-order valence-electron chi connectivity index (χ1n) is 6.10. The first kappa shape index (κ1) is 16.6. The molecule has 0 aromatic heterocycles. The summed E-state index contributed by atoms with van der Waals surface area (Å²) in [5, 5.41) is 35.3. The van der Waals surface area contributed by atoms with Crippen molar-refractivity contribution >= 4 is 25.3 Å². The molecule has 1 aromatic rings. The summed E-state index contributed by atoms with van der Waals surface area (Å²) >= 11 is 0. The molecular formula is C10H15N4O7P. The summed E-state index contributed by atoms with van der Waals surface area (Å²) < 4.78 is 20.2. The highest BCUT2D eigenvalue weighted by atomic mass is 31.1. The lowest BCUT2D eigenvalue weighted by molar-refractivity contribution is -0.384. The van der Waals surface area contributed by atoms with Gasteiger partial charge in [-0.15, -0.1) is 0 Å². The molecule has 22 heavy (non-hydrogen) atoms. The minimum atomic E-state index is -2.69. The van der Waals surface area contributed by atoms with Crippen molar-refractivity contribution in [2.24, 2.45) is 0 Å². The predicted molar refractivity (Wildman–Crippen MR) is 76.3 cm³/mol. The Labute approximate surface area is 125 Å². The first-order chi connectivity index (χ1) is 10.4. The van der Waals surface area contributed by atoms with E-state index in [4.69, 9.17) is 0 Å². The zero-order valence-electron chi connectivity index (χ0n) is 11.4. The van der Waals surface area contributed by atoms with Gasteiger partial charge in [0.05, 0.1) is 16.3 Å². The number of aliphatic hydroxyl groups excluding tert-OH is 2. The number of nitro groups is 1. The summed E-state index contributed by atoms with van der Waals surface area (Å²) in [6.45, 7) is -0.0404. The molecule has 2 rings (SSSR count). The van der Waals surface area contributed by atoms with Gasteiger partial charge in [-0.3, -0.25) is 14.7 Å². The van der Waals surface area contributed by atoms with E-state index in [0.717, 1.165) is 0 Å². The van der Waals surface area contributed by atoms with E-state index in [2.05, 4.69) is 25.3 Å². The maximum absolute atomic E-state index is 11.0. The van der Waals surface area contributed by atoms with Crippen LogP contribution in [0.5, 0.6) is 0 Å². The number of anilines is 2. The van der Waals surface area contributed by atoms with Crippen LogP contribution in [0.3, 0.4) is 0 Å². The topological polar surface area (TPSA) is 155 Å². The number of benzene rings is 1. The molecule has 0 aliphatic carbocycles. The molecule has 11 nitrogen and oxygen atoms in total. The molecule has 0 bridgehead atoms. The van der Waals surface area contributed by atoms with Crippen molar-refractivity contribution in [2.75, 3.05) is 17.7 Å². The first-order valence-corrected chi connectivity index (χ1v) is 7.33. The monoisotopic (exact) mass is 334 g/mol. The van der Waals surface area contributed by atoms with Crippen molar-refractivity contribution in [1.29, 1.82) is 0 Å². The minimum Gasteiger partial charge on any atom is -0.369 e. The number of nitrogens with one attached hydrogen (secondary N) is 3. The number of non-ortho nitro benzene ring substituents is 1. The number of nitro benzene ring substituents is 1. The Morgan fingerprint density at radius 3 is 2.73 bits per heavy atom. The van der Waals surface area contributed by atoms with Gasteiger partial charge in [0.25, 0.3) is 5.69 Å². The van der Waals surface area contributed by atoms with Gasteiger partial charge in [0, 0.05) is 31.4 Å². The molecule has 0 spiro atoms. The second-order valence-electron chi connectivity index (χ2n) is 4.34. The van der Waals surface area contributed by atoms with Crippen molar-refractivity contribution < 1.29 is 28.8 Å². The molecule has 0 saturated carbocycles. The van der Waals surface area contributed by atoms with E-state index in [1.165, 1.54) is 19.2 Å². The average molecular weight is 334 g/mol. The molecule has 1 aliphatic heterocycles. The predicted octanol–water partition coefficient (Wildman–Crippen LogP) is 0.126. The van der Waals surface area contributed by atoms with Gasteiger partial charge in [0.1, 0.15) is 0 Å². The normalized spacial score (nSPS) is 21.4. The molecule has 0 amide bonds. The lowest BCUT2D eigenvalue weighted by Gasteiger charge is -2.30. The van der Waals surface area contributed by atoms with Gasteiger partial charge in [0.2, 0.25) is 0 Å². The van der Waals surface area contributed by atoms with Crippen molar-refractivity contribution in [3.63, 3.8) is 0 Å². The molecule has 1 aromatic carbocycles. The van der Waals surface area contributed by atoms with Gasteiger partial charge >= 0.3 is 8.25 Å². The van der Waals surface area contributed by atoms with Crippen LogP contribution in [0.25, 0.3) is 0 Å². The van der Waals surface area contributed by atoms with E-state index in [0.29, 0.717) is 11.3 Å². The molecule has 1 aliphatic rings. The number of rotatable bonds is 6. The van der Waals surface area contributed by atoms with Gasteiger partial charge in [-0.2, -0.15) is 5.48 Å². The van der Waals surface area contributed by atoms with Crippen LogP contribution in [-0.4, -0.2) is 34.7 Å². The highest BCUT2D eigenvalue weighted by Gasteiger charge is 2.27. The molecule has 0 fully saturated rings. The van der Waals surface area contributed by atoms with Crippen LogP contribution in [0.1, 0.15) is 5.56 Å². The molecule has 1 heterocycles. The summed E-state index contributed by atoms with van der Waals surface area (Å²) in [7, 11) is -1.48. The lowest BCUT2D eigenvalue weighted by Crippen LogP contribution is -2.43. The van der Waals surface area contributed by atoms with E-state index < -0.39 is 25.6 Å². The molecule has 5 N–H and O–H groups in total. The molecule has 122 valence electrons. The fourth-order valence-electron chi connectivity index (χ4n) is 1.89. The molecular weight excluding hydrogens is 319 g/mol. The van der Waals surface area contributed by atoms with Crippen LogP contribution < -0.4 is 16.1 Å². The minimum absolute atomic E-state index is 0.0404. The number of hydroxylamine groups is 1. The van der Waals surface area contributed by atoms with Gasteiger partial charge in [-0.25, -0.2) is 4.62 Å². The molecule has 0 radical (unpaired) electrons. The second kappa shape index (κ2) is 7.01. The summed E-state index contributed by atoms with van der Waals surface area (Å²) in [5.74, 6) is 0. The van der Waals surface area contributed by atoms with Crippen molar-refractivity contribution in [1.82, 2.24) is 5.48 Å². The van der Waals surface area contributed by atoms with Gasteiger partial charge < -0.3 is 25.4 Å². The second-order valence-corrected chi connectivity index (χ2v) is 5.45. The van der Waals surface area contributed by atoms with Gasteiger partial charge in [0.15, 0.2) is 12.5 Å². The highest BCUT2D eigenvalue weighted by molar-refractivity contribution is 7.33. The Morgan fingerprint density at radius 2 is 2.09 bits per heavy atom. The largest absolute Gasteiger partial charge is 0.369 e. The van der Waals surface area contributed by atoms with Crippen LogP contribution in [-0.2, 0) is 20.3 Å². The zero-order valence-corrected chi connectivity index (χ0v) is 12.4.